The minimum atomic E-state index is -4.04. The minimum Gasteiger partial charge on any atom is -0.372 e. The van der Waals surface area contributed by atoms with Crippen LogP contribution in [0, 0.1) is 12.7 Å². The number of hydrogen-bond acceptors (Lipinski definition) is 4. The van der Waals surface area contributed by atoms with Gasteiger partial charge in [-0.3, -0.25) is 9.10 Å². The normalized spacial score (nSPS) is 13.9. The van der Waals surface area contributed by atoms with Gasteiger partial charge in [-0.1, -0.05) is 29.8 Å². The summed E-state index contributed by atoms with van der Waals surface area (Å²) in [5.41, 5.74) is 3.23. The number of halogens is 1. The molecule has 1 aliphatic heterocycles. The molecule has 0 bridgehead atoms. The Morgan fingerprint density at radius 2 is 1.54 bits per heavy atom. The average molecular weight is 496 g/mol. The Kier molecular flexibility index (Phi) is 7.70. The third kappa shape index (κ3) is 6.19. The molecule has 35 heavy (non-hydrogen) atoms. The van der Waals surface area contributed by atoms with Crippen molar-refractivity contribution in [1.29, 1.82) is 0 Å². The van der Waals surface area contributed by atoms with Crippen molar-refractivity contribution in [3.63, 3.8) is 0 Å². The SMILES string of the molecule is Cc1ccc(S(=O)(=O)N(CC(=O)NCc2ccc(N3CCCCC3)cc2)c2ccc(F)cc2)cc1. The summed E-state index contributed by atoms with van der Waals surface area (Å²) in [6.45, 7) is 3.84. The Balaban J connectivity index is 1.46. The molecule has 0 saturated carbocycles. The third-order valence-corrected chi connectivity index (χ3v) is 7.95. The third-order valence-electron chi connectivity index (χ3n) is 6.16. The number of aryl methyl sites for hydroxylation is 1. The number of nitrogens with zero attached hydrogens (tertiary/aromatic N) is 2. The molecule has 3 aromatic rings. The van der Waals surface area contributed by atoms with Crippen LogP contribution in [0.4, 0.5) is 15.8 Å². The van der Waals surface area contributed by atoms with Crippen LogP contribution in [0.3, 0.4) is 0 Å². The van der Waals surface area contributed by atoms with Crippen molar-refractivity contribution in [2.75, 3.05) is 28.8 Å². The number of rotatable bonds is 8. The molecule has 0 unspecified atom stereocenters. The fraction of sp³-hybridized carbons (Fsp3) is 0.296. The van der Waals surface area contributed by atoms with Gasteiger partial charge in [-0.05, 0) is 80.3 Å². The first-order valence-corrected chi connectivity index (χ1v) is 13.2. The molecule has 0 aliphatic carbocycles. The second-order valence-electron chi connectivity index (χ2n) is 8.79. The lowest BCUT2D eigenvalue weighted by atomic mass is 10.1. The molecule has 0 atom stereocenters. The number of hydrogen-bond donors (Lipinski definition) is 1. The van der Waals surface area contributed by atoms with Crippen LogP contribution in [0.15, 0.2) is 77.7 Å². The van der Waals surface area contributed by atoms with Crippen LogP contribution in [-0.4, -0.2) is 34.0 Å². The van der Waals surface area contributed by atoms with E-state index in [0.717, 1.165) is 28.5 Å². The van der Waals surface area contributed by atoms with Gasteiger partial charge >= 0.3 is 0 Å². The Hall–Kier alpha value is -3.39. The minimum absolute atomic E-state index is 0.0635. The van der Waals surface area contributed by atoms with Gasteiger partial charge in [0.05, 0.1) is 10.6 Å². The largest absolute Gasteiger partial charge is 0.372 e. The molecule has 8 heteroatoms. The standard InChI is InChI=1S/C27H30FN3O3S/c1-21-5-15-26(16-6-21)35(33,34)31(25-13-9-23(28)10-14-25)20-27(32)29-19-22-7-11-24(12-8-22)30-17-3-2-4-18-30/h5-16H,2-4,17-20H2,1H3,(H,29,32). The van der Waals surface area contributed by atoms with E-state index in [-0.39, 0.29) is 17.1 Å². The molecule has 4 rings (SSSR count). The van der Waals surface area contributed by atoms with Gasteiger partial charge in [-0.15, -0.1) is 0 Å². The van der Waals surface area contributed by atoms with Crippen LogP contribution in [0.2, 0.25) is 0 Å². The summed E-state index contributed by atoms with van der Waals surface area (Å²) in [4.78, 5) is 15.2. The number of carbonyl (C=O) groups excluding carboxylic acids is 1. The molecular formula is C27H30FN3O3S. The van der Waals surface area contributed by atoms with Crippen molar-refractivity contribution in [3.05, 3.63) is 89.7 Å². The average Bonchev–Trinajstić information content (AvgIpc) is 2.88. The van der Waals surface area contributed by atoms with Crippen LogP contribution in [0.5, 0.6) is 0 Å². The zero-order valence-corrected chi connectivity index (χ0v) is 20.6. The van der Waals surface area contributed by atoms with Crippen LogP contribution in [0.1, 0.15) is 30.4 Å². The van der Waals surface area contributed by atoms with Gasteiger partial charge < -0.3 is 10.2 Å². The van der Waals surface area contributed by atoms with Gasteiger partial charge in [0.25, 0.3) is 10.0 Å². The molecule has 0 aromatic heterocycles. The van der Waals surface area contributed by atoms with Gasteiger partial charge in [-0.25, -0.2) is 12.8 Å². The molecule has 1 heterocycles. The lowest BCUT2D eigenvalue weighted by molar-refractivity contribution is -0.119. The van der Waals surface area contributed by atoms with Crippen LogP contribution >= 0.6 is 0 Å². The first-order valence-electron chi connectivity index (χ1n) is 11.8. The topological polar surface area (TPSA) is 69.7 Å². The monoisotopic (exact) mass is 495 g/mol. The number of amides is 1. The first-order chi connectivity index (χ1) is 16.8. The highest BCUT2D eigenvalue weighted by molar-refractivity contribution is 7.92. The predicted molar refractivity (Wildman–Crippen MR) is 136 cm³/mol. The molecule has 6 nitrogen and oxygen atoms in total. The van der Waals surface area contributed by atoms with E-state index in [2.05, 4.69) is 22.3 Å². The molecule has 184 valence electrons. The Morgan fingerprint density at radius 1 is 0.914 bits per heavy atom. The maximum Gasteiger partial charge on any atom is 0.264 e. The fourth-order valence-electron chi connectivity index (χ4n) is 4.12. The zero-order valence-electron chi connectivity index (χ0n) is 19.8. The van der Waals surface area contributed by atoms with Crippen LogP contribution in [-0.2, 0) is 21.4 Å². The summed E-state index contributed by atoms with van der Waals surface area (Å²) in [6, 6.07) is 19.5. The van der Waals surface area contributed by atoms with E-state index in [0.29, 0.717) is 0 Å². The van der Waals surface area contributed by atoms with Crippen molar-refractivity contribution in [2.24, 2.45) is 0 Å². The molecule has 1 saturated heterocycles. The lowest BCUT2D eigenvalue weighted by Crippen LogP contribution is -2.40. The summed E-state index contributed by atoms with van der Waals surface area (Å²) in [5, 5.41) is 2.81. The summed E-state index contributed by atoms with van der Waals surface area (Å²) < 4.78 is 41.2. The second-order valence-corrected chi connectivity index (χ2v) is 10.7. The van der Waals surface area contributed by atoms with Gasteiger partial charge in [-0.2, -0.15) is 0 Å². The van der Waals surface area contributed by atoms with E-state index < -0.39 is 28.3 Å². The van der Waals surface area contributed by atoms with E-state index in [4.69, 9.17) is 0 Å². The molecule has 1 aliphatic rings. The van der Waals surface area contributed by atoms with E-state index in [1.54, 1.807) is 12.1 Å². The summed E-state index contributed by atoms with van der Waals surface area (Å²) in [5.74, 6) is -0.941. The first kappa shape index (κ1) is 24.7. The number of piperidine rings is 1. The number of sulfonamides is 1. The second kappa shape index (κ2) is 10.9. The quantitative estimate of drug-likeness (QED) is 0.495. The Labute approximate surface area is 206 Å². The predicted octanol–water partition coefficient (Wildman–Crippen LogP) is 4.64. The van der Waals surface area contributed by atoms with E-state index in [9.17, 15) is 17.6 Å². The maximum absolute atomic E-state index is 13.5. The molecule has 0 spiro atoms. The van der Waals surface area contributed by atoms with Gasteiger partial charge in [0.15, 0.2) is 0 Å². The molecule has 1 amide bonds. The van der Waals surface area contributed by atoms with Gasteiger partial charge in [0.2, 0.25) is 5.91 Å². The zero-order chi connectivity index (χ0) is 24.8. The van der Waals surface area contributed by atoms with E-state index >= 15 is 0 Å². The van der Waals surface area contributed by atoms with Crippen LogP contribution < -0.4 is 14.5 Å². The number of anilines is 2. The van der Waals surface area contributed by atoms with E-state index in [1.165, 1.54) is 61.3 Å². The maximum atomic E-state index is 13.5. The molecular weight excluding hydrogens is 465 g/mol. The summed E-state index contributed by atoms with van der Waals surface area (Å²) in [7, 11) is -4.04. The van der Waals surface area contributed by atoms with Gasteiger partial charge in [0.1, 0.15) is 12.4 Å². The number of carbonyl (C=O) groups is 1. The van der Waals surface area contributed by atoms with Crippen molar-refractivity contribution < 1.29 is 17.6 Å². The number of benzene rings is 3. The highest BCUT2D eigenvalue weighted by Gasteiger charge is 2.27. The summed E-state index contributed by atoms with van der Waals surface area (Å²) in [6.07, 6.45) is 3.68. The number of nitrogens with one attached hydrogen (secondary N) is 1. The molecule has 1 fully saturated rings. The molecule has 1 N–H and O–H groups in total. The van der Waals surface area contributed by atoms with Crippen molar-refractivity contribution in [2.45, 2.75) is 37.6 Å². The summed E-state index contributed by atoms with van der Waals surface area (Å²) >= 11 is 0. The molecule has 0 radical (unpaired) electrons. The highest BCUT2D eigenvalue weighted by atomic mass is 32.2. The highest BCUT2D eigenvalue weighted by Crippen LogP contribution is 2.24. The van der Waals surface area contributed by atoms with E-state index in [1.807, 2.05) is 19.1 Å². The Bertz CT molecular complexity index is 1240. The smallest absolute Gasteiger partial charge is 0.264 e. The Morgan fingerprint density at radius 3 is 2.17 bits per heavy atom. The molecule has 3 aromatic carbocycles. The van der Waals surface area contributed by atoms with Crippen molar-refractivity contribution >= 4 is 27.3 Å². The van der Waals surface area contributed by atoms with Crippen molar-refractivity contribution in [3.8, 4) is 0 Å². The van der Waals surface area contributed by atoms with Gasteiger partial charge in [0, 0.05) is 25.3 Å². The fourth-order valence-corrected chi connectivity index (χ4v) is 5.54. The van der Waals surface area contributed by atoms with Crippen LogP contribution in [0.25, 0.3) is 0 Å². The lowest BCUT2D eigenvalue weighted by Gasteiger charge is -2.28. The van der Waals surface area contributed by atoms with Crippen molar-refractivity contribution in [1.82, 2.24) is 5.32 Å².